The molecule has 0 bridgehead atoms. The number of rotatable bonds is 17. The number of thioether (sulfide) groups is 3. The molecule has 0 saturated heterocycles. The van der Waals surface area contributed by atoms with Crippen molar-refractivity contribution < 1.29 is 44.8 Å². The number of carbonyl (C=O) groups is 3. The quantitative estimate of drug-likeness (QED) is 0.0455. The molecule has 188 valence electrons. The number of esters is 3. The molecule has 0 amide bonds. The van der Waals surface area contributed by atoms with E-state index >= 15 is 0 Å². The van der Waals surface area contributed by atoms with Gasteiger partial charge in [-0.25, -0.2) is 0 Å². The van der Waals surface area contributed by atoms with Gasteiger partial charge in [-0.1, -0.05) is 0 Å². The van der Waals surface area contributed by atoms with Crippen LogP contribution in [0.3, 0.4) is 0 Å². The van der Waals surface area contributed by atoms with E-state index in [0.29, 0.717) is 30.1 Å². The summed E-state index contributed by atoms with van der Waals surface area (Å²) in [5.41, 5.74) is 16.0. The van der Waals surface area contributed by atoms with E-state index in [0.717, 1.165) is 11.8 Å². The maximum Gasteiger partial charge on any atom is 0.306 e. The van der Waals surface area contributed by atoms with E-state index in [4.69, 9.17) is 47.6 Å². The average Bonchev–Trinajstić information content (AvgIpc) is 2.70. The SMILES string of the molecule is NC(=[NH2+])SCCC(=O)OCCC(CCOC(=O)CCSC(N)=[NH2+])COC(=O)CCSC(N)=[NH2+]. The summed E-state index contributed by atoms with van der Waals surface area (Å²) in [6.07, 6.45) is 1.35. The zero-order chi connectivity index (χ0) is 25.1. The van der Waals surface area contributed by atoms with E-state index in [1.165, 1.54) is 23.5 Å². The second-order valence-corrected chi connectivity index (χ2v) is 10.1. The molecule has 0 aliphatic carbocycles. The van der Waals surface area contributed by atoms with Crippen LogP contribution in [0.5, 0.6) is 0 Å². The van der Waals surface area contributed by atoms with Gasteiger partial charge in [-0.05, 0) is 54.0 Å². The van der Waals surface area contributed by atoms with Gasteiger partial charge in [-0.15, -0.1) is 0 Å². The van der Waals surface area contributed by atoms with Crippen molar-refractivity contribution in [3.05, 3.63) is 0 Å². The maximum absolute atomic E-state index is 11.9. The fourth-order valence-electron chi connectivity index (χ4n) is 2.17. The zero-order valence-electron chi connectivity index (χ0n) is 18.5. The minimum absolute atomic E-state index is 0.101. The summed E-state index contributed by atoms with van der Waals surface area (Å²) in [5.74, 6) is -0.0770. The number of hydrogen-bond acceptors (Lipinski definition) is 9. The van der Waals surface area contributed by atoms with Gasteiger partial charge in [-0.2, -0.15) is 0 Å². The fraction of sp³-hybridized carbons (Fsp3) is 0.667. The van der Waals surface area contributed by atoms with Crippen LogP contribution >= 0.6 is 35.3 Å². The highest BCUT2D eigenvalue weighted by atomic mass is 32.2. The van der Waals surface area contributed by atoms with Crippen LogP contribution in [-0.4, -0.2) is 70.5 Å². The molecule has 12 nitrogen and oxygen atoms in total. The molecule has 0 aliphatic rings. The van der Waals surface area contributed by atoms with Crippen molar-refractivity contribution >= 4 is 68.7 Å². The van der Waals surface area contributed by atoms with Crippen LogP contribution in [0, 0.1) is 5.92 Å². The molecular formula is C18H35N6O6S3+3. The highest BCUT2D eigenvalue weighted by Crippen LogP contribution is 2.13. The summed E-state index contributed by atoms with van der Waals surface area (Å²) in [7, 11) is 0. The second-order valence-electron chi connectivity index (χ2n) is 6.57. The van der Waals surface area contributed by atoms with Crippen LogP contribution in [0.25, 0.3) is 0 Å². The Kier molecular flexibility index (Phi) is 18.1. The van der Waals surface area contributed by atoms with Crippen LogP contribution in [0.15, 0.2) is 0 Å². The topological polar surface area (TPSA) is 234 Å². The molecule has 0 heterocycles. The lowest BCUT2D eigenvalue weighted by atomic mass is 10.0. The molecule has 0 aromatic carbocycles. The van der Waals surface area contributed by atoms with E-state index in [2.05, 4.69) is 0 Å². The van der Waals surface area contributed by atoms with E-state index in [9.17, 15) is 14.4 Å². The third-order valence-electron chi connectivity index (χ3n) is 3.78. The lowest BCUT2D eigenvalue weighted by molar-refractivity contribution is -0.148. The molecule has 12 N–H and O–H groups in total. The summed E-state index contributed by atoms with van der Waals surface area (Å²) in [6, 6.07) is 0. The number of ether oxygens (including phenoxy) is 3. The number of hydrogen-bond donors (Lipinski definition) is 6. The van der Waals surface area contributed by atoms with E-state index in [1.54, 1.807) is 0 Å². The Morgan fingerprint density at radius 3 is 1.30 bits per heavy atom. The largest absolute Gasteiger partial charge is 0.466 e. The Balaban J connectivity index is 4.41. The third kappa shape index (κ3) is 21.5. The molecule has 0 fully saturated rings. The Morgan fingerprint density at radius 2 is 0.970 bits per heavy atom. The van der Waals surface area contributed by atoms with Gasteiger partial charge in [0.05, 0.1) is 39.1 Å². The summed E-state index contributed by atoms with van der Waals surface area (Å²) in [5, 5.41) is 16.6. The molecule has 0 aromatic heterocycles. The van der Waals surface area contributed by atoms with Crippen molar-refractivity contribution in [1.29, 1.82) is 0 Å². The summed E-state index contributed by atoms with van der Waals surface area (Å²) < 4.78 is 15.7. The predicted molar refractivity (Wildman–Crippen MR) is 130 cm³/mol. The monoisotopic (exact) mass is 527 g/mol. The first kappa shape index (κ1) is 30.9. The van der Waals surface area contributed by atoms with Crippen molar-refractivity contribution in [2.24, 2.45) is 23.1 Å². The number of carbonyl (C=O) groups excluding carboxylic acids is 3. The highest BCUT2D eigenvalue weighted by Gasteiger charge is 2.16. The van der Waals surface area contributed by atoms with E-state index in [1.807, 2.05) is 0 Å². The molecular weight excluding hydrogens is 492 g/mol. The molecule has 0 unspecified atom stereocenters. The minimum Gasteiger partial charge on any atom is -0.466 e. The highest BCUT2D eigenvalue weighted by molar-refractivity contribution is 8.14. The molecule has 0 aliphatic heterocycles. The molecule has 0 radical (unpaired) electrons. The van der Waals surface area contributed by atoms with Gasteiger partial charge in [0, 0.05) is 17.3 Å². The van der Waals surface area contributed by atoms with Crippen molar-refractivity contribution in [3.8, 4) is 0 Å². The lowest BCUT2D eigenvalue weighted by Crippen LogP contribution is -2.43. The first-order chi connectivity index (χ1) is 15.6. The third-order valence-corrected chi connectivity index (χ3v) is 6.01. The van der Waals surface area contributed by atoms with Gasteiger partial charge in [0.1, 0.15) is 0 Å². The van der Waals surface area contributed by atoms with Crippen molar-refractivity contribution in [2.75, 3.05) is 37.1 Å². The number of nitrogens with two attached hydrogens (primary N) is 6. The summed E-state index contributed by atoms with van der Waals surface area (Å²) >= 11 is 3.50. The van der Waals surface area contributed by atoms with E-state index in [-0.39, 0.29) is 72.4 Å². The van der Waals surface area contributed by atoms with Crippen LogP contribution < -0.4 is 33.4 Å². The predicted octanol–water partition coefficient (Wildman–Crippen LogP) is -4.40. The smallest absolute Gasteiger partial charge is 0.306 e. The van der Waals surface area contributed by atoms with Crippen molar-refractivity contribution in [1.82, 2.24) is 0 Å². The second kappa shape index (κ2) is 19.3. The van der Waals surface area contributed by atoms with Crippen molar-refractivity contribution in [2.45, 2.75) is 32.1 Å². The minimum atomic E-state index is -0.400. The molecule has 0 rings (SSSR count). The molecule has 15 heteroatoms. The fourth-order valence-corrected chi connectivity index (χ4v) is 3.69. The summed E-state index contributed by atoms with van der Waals surface area (Å²) in [6.45, 7) is 0.375. The van der Waals surface area contributed by atoms with Gasteiger partial charge in [0.15, 0.2) is 0 Å². The van der Waals surface area contributed by atoms with Crippen LogP contribution in [0.4, 0.5) is 0 Å². The maximum atomic E-state index is 11.9. The molecule has 33 heavy (non-hydrogen) atoms. The van der Waals surface area contributed by atoms with Gasteiger partial charge in [0.2, 0.25) is 0 Å². The number of amidine groups is 3. The first-order valence-electron chi connectivity index (χ1n) is 10.1. The lowest BCUT2D eigenvalue weighted by Gasteiger charge is -2.17. The van der Waals surface area contributed by atoms with Crippen LogP contribution in [0.1, 0.15) is 32.1 Å². The van der Waals surface area contributed by atoms with E-state index < -0.39 is 5.97 Å². The zero-order valence-corrected chi connectivity index (χ0v) is 20.9. The van der Waals surface area contributed by atoms with Crippen LogP contribution in [-0.2, 0) is 28.6 Å². The average molecular weight is 528 g/mol. The molecule has 0 saturated carbocycles. The Morgan fingerprint density at radius 1 is 0.636 bits per heavy atom. The summed E-state index contributed by atoms with van der Waals surface area (Å²) in [4.78, 5) is 35.4. The normalized spacial score (nSPS) is 10.5. The molecule has 0 aromatic rings. The Bertz CT molecular complexity index is 644. The standard InChI is InChI=1S/C18H32N6O6S3/c19-16(20)31-8-3-13(25)28-6-1-12(11-30-15(27)5-10-33-18(23)24)2-7-29-14(26)4-9-32-17(21)22/h12H,1-11H2,(H3,19,20)(H3,21,22)(H3,23,24)/p+3. The van der Waals surface area contributed by atoms with Gasteiger partial charge < -0.3 is 14.2 Å². The molecule has 0 spiro atoms. The van der Waals surface area contributed by atoms with Crippen LogP contribution in [0.2, 0.25) is 0 Å². The van der Waals surface area contributed by atoms with Gasteiger partial charge in [-0.3, -0.25) is 47.8 Å². The van der Waals surface area contributed by atoms with Gasteiger partial charge >= 0.3 is 17.9 Å². The Labute approximate surface area is 205 Å². The first-order valence-corrected chi connectivity index (χ1v) is 13.0. The van der Waals surface area contributed by atoms with Crippen molar-refractivity contribution in [3.63, 3.8) is 0 Å². The van der Waals surface area contributed by atoms with Gasteiger partial charge in [0.25, 0.3) is 15.5 Å². The molecule has 0 atom stereocenters. The Hall–Kier alpha value is -2.13.